The van der Waals surface area contributed by atoms with Gasteiger partial charge in [-0.25, -0.2) is 0 Å². The van der Waals surface area contributed by atoms with Gasteiger partial charge in [0, 0.05) is 32.2 Å². The summed E-state index contributed by atoms with van der Waals surface area (Å²) in [6.07, 6.45) is 1.48. The molecule has 3 rings (SSSR count). The van der Waals surface area contributed by atoms with Crippen molar-refractivity contribution < 1.29 is 14.0 Å². The Morgan fingerprint density at radius 3 is 2.24 bits per heavy atom. The fraction of sp³-hybridized carbons (Fsp3) is 0.412. The molecule has 25 heavy (non-hydrogen) atoms. The zero-order chi connectivity index (χ0) is 17.8. The number of carbonyl (C=O) groups excluding carboxylic acids is 2. The molecule has 0 aromatic carbocycles. The van der Waals surface area contributed by atoms with E-state index in [1.807, 2.05) is 13.8 Å². The summed E-state index contributed by atoms with van der Waals surface area (Å²) in [7, 11) is 0. The molecule has 8 heteroatoms. The standard InChI is InChI=1S/C17H21N5O3/c1-12(2)18-15-6-5-13(19-20-15)16(23)21-7-9-22(10-8-21)17(24)14-4-3-11-25-14/h3-6,11-12H,7-10H2,1-2H3,(H,18,20). The minimum absolute atomic E-state index is 0.152. The Kier molecular flexibility index (Phi) is 4.97. The second kappa shape index (κ2) is 7.33. The largest absolute Gasteiger partial charge is 0.459 e. The first-order valence-electron chi connectivity index (χ1n) is 8.27. The van der Waals surface area contributed by atoms with Gasteiger partial charge >= 0.3 is 0 Å². The maximum absolute atomic E-state index is 12.5. The van der Waals surface area contributed by atoms with E-state index < -0.39 is 0 Å². The molecule has 3 heterocycles. The molecule has 0 aliphatic carbocycles. The van der Waals surface area contributed by atoms with Gasteiger partial charge in [-0.1, -0.05) is 0 Å². The molecule has 1 aliphatic heterocycles. The maximum Gasteiger partial charge on any atom is 0.289 e. The van der Waals surface area contributed by atoms with Crippen LogP contribution in [0.15, 0.2) is 34.9 Å². The van der Waals surface area contributed by atoms with Gasteiger partial charge in [-0.05, 0) is 38.1 Å². The molecule has 2 aromatic heterocycles. The van der Waals surface area contributed by atoms with E-state index in [-0.39, 0.29) is 17.9 Å². The van der Waals surface area contributed by atoms with Gasteiger partial charge in [0.1, 0.15) is 5.82 Å². The van der Waals surface area contributed by atoms with Gasteiger partial charge in [0.25, 0.3) is 11.8 Å². The number of anilines is 1. The van der Waals surface area contributed by atoms with E-state index >= 15 is 0 Å². The molecule has 0 atom stereocenters. The SMILES string of the molecule is CC(C)Nc1ccc(C(=O)N2CCN(C(=O)c3ccco3)CC2)nn1. The number of aromatic nitrogens is 2. The van der Waals surface area contributed by atoms with Crippen LogP contribution in [0.25, 0.3) is 0 Å². The smallest absolute Gasteiger partial charge is 0.289 e. The van der Waals surface area contributed by atoms with Crippen molar-refractivity contribution in [2.75, 3.05) is 31.5 Å². The number of carbonyl (C=O) groups is 2. The molecule has 132 valence electrons. The zero-order valence-corrected chi connectivity index (χ0v) is 14.3. The fourth-order valence-corrected chi connectivity index (χ4v) is 2.65. The molecule has 0 radical (unpaired) electrons. The van der Waals surface area contributed by atoms with Crippen molar-refractivity contribution in [3.05, 3.63) is 42.0 Å². The molecule has 1 N–H and O–H groups in total. The lowest BCUT2D eigenvalue weighted by Gasteiger charge is -2.34. The molecule has 0 bridgehead atoms. The summed E-state index contributed by atoms with van der Waals surface area (Å²) >= 11 is 0. The van der Waals surface area contributed by atoms with Gasteiger partial charge in [-0.15, -0.1) is 10.2 Å². The van der Waals surface area contributed by atoms with Crippen molar-refractivity contribution in [3.63, 3.8) is 0 Å². The van der Waals surface area contributed by atoms with Crippen LogP contribution in [0.4, 0.5) is 5.82 Å². The maximum atomic E-state index is 12.5. The van der Waals surface area contributed by atoms with Crippen molar-refractivity contribution in [1.82, 2.24) is 20.0 Å². The second-order valence-electron chi connectivity index (χ2n) is 6.16. The fourth-order valence-electron chi connectivity index (χ4n) is 2.65. The van der Waals surface area contributed by atoms with E-state index in [0.717, 1.165) is 0 Å². The predicted octanol–water partition coefficient (Wildman–Crippen LogP) is 1.49. The number of hydrogen-bond acceptors (Lipinski definition) is 6. The lowest BCUT2D eigenvalue weighted by molar-refractivity contribution is 0.0514. The number of rotatable bonds is 4. The van der Waals surface area contributed by atoms with E-state index in [1.165, 1.54) is 6.26 Å². The minimum atomic E-state index is -0.173. The number of amides is 2. The predicted molar refractivity (Wildman–Crippen MR) is 91.3 cm³/mol. The minimum Gasteiger partial charge on any atom is -0.459 e. The molecule has 2 aromatic rings. The van der Waals surface area contributed by atoms with Crippen LogP contribution in [-0.2, 0) is 0 Å². The van der Waals surface area contributed by atoms with Crippen LogP contribution < -0.4 is 5.32 Å². The van der Waals surface area contributed by atoms with Gasteiger partial charge in [0.05, 0.1) is 6.26 Å². The van der Waals surface area contributed by atoms with Crippen LogP contribution in [0.5, 0.6) is 0 Å². The van der Waals surface area contributed by atoms with Crippen molar-refractivity contribution in [2.45, 2.75) is 19.9 Å². The number of piperazine rings is 1. The lowest BCUT2D eigenvalue weighted by atomic mass is 10.2. The molecule has 1 fully saturated rings. The van der Waals surface area contributed by atoms with Crippen LogP contribution >= 0.6 is 0 Å². The van der Waals surface area contributed by atoms with E-state index in [2.05, 4.69) is 15.5 Å². The second-order valence-corrected chi connectivity index (χ2v) is 6.16. The Morgan fingerprint density at radius 1 is 1.04 bits per heavy atom. The molecule has 2 amide bonds. The molecule has 0 unspecified atom stereocenters. The summed E-state index contributed by atoms with van der Waals surface area (Å²) in [6.45, 7) is 5.85. The first-order chi connectivity index (χ1) is 12.0. The molecule has 1 aliphatic rings. The Balaban J connectivity index is 1.57. The van der Waals surface area contributed by atoms with E-state index in [1.54, 1.807) is 34.1 Å². The Labute approximate surface area is 145 Å². The third kappa shape index (κ3) is 3.96. The summed E-state index contributed by atoms with van der Waals surface area (Å²) in [5.41, 5.74) is 0.306. The Bertz CT molecular complexity index is 719. The van der Waals surface area contributed by atoms with Crippen LogP contribution in [0.1, 0.15) is 34.9 Å². The molecular weight excluding hydrogens is 322 g/mol. The van der Waals surface area contributed by atoms with Crippen molar-refractivity contribution in [3.8, 4) is 0 Å². The van der Waals surface area contributed by atoms with E-state index in [0.29, 0.717) is 43.5 Å². The third-order valence-electron chi connectivity index (χ3n) is 3.91. The van der Waals surface area contributed by atoms with Crippen molar-refractivity contribution >= 4 is 17.6 Å². The molecular formula is C17H21N5O3. The van der Waals surface area contributed by atoms with Crippen molar-refractivity contribution in [2.24, 2.45) is 0 Å². The average Bonchev–Trinajstić information content (AvgIpc) is 3.15. The van der Waals surface area contributed by atoms with Crippen LogP contribution in [0.3, 0.4) is 0 Å². The number of furan rings is 1. The molecule has 0 saturated carbocycles. The van der Waals surface area contributed by atoms with Gasteiger partial charge in [0.2, 0.25) is 0 Å². The number of nitrogens with one attached hydrogen (secondary N) is 1. The van der Waals surface area contributed by atoms with Crippen molar-refractivity contribution in [1.29, 1.82) is 0 Å². The normalized spacial score (nSPS) is 14.7. The first-order valence-corrected chi connectivity index (χ1v) is 8.27. The molecule has 8 nitrogen and oxygen atoms in total. The summed E-state index contributed by atoms with van der Waals surface area (Å²) in [6, 6.07) is 6.99. The topological polar surface area (TPSA) is 91.6 Å². The highest BCUT2D eigenvalue weighted by atomic mass is 16.3. The van der Waals surface area contributed by atoms with E-state index in [9.17, 15) is 9.59 Å². The average molecular weight is 343 g/mol. The summed E-state index contributed by atoms with van der Waals surface area (Å²) in [4.78, 5) is 28.1. The monoisotopic (exact) mass is 343 g/mol. The van der Waals surface area contributed by atoms with Gasteiger partial charge in [-0.3, -0.25) is 9.59 Å². The number of nitrogens with zero attached hydrogens (tertiary/aromatic N) is 4. The Morgan fingerprint density at radius 2 is 1.72 bits per heavy atom. The van der Waals surface area contributed by atoms with E-state index in [4.69, 9.17) is 4.42 Å². The Hall–Kier alpha value is -2.90. The number of hydrogen-bond donors (Lipinski definition) is 1. The summed E-state index contributed by atoms with van der Waals surface area (Å²) in [5, 5.41) is 11.2. The van der Waals surface area contributed by atoms with Crippen LogP contribution in [0, 0.1) is 0 Å². The van der Waals surface area contributed by atoms with Crippen LogP contribution in [-0.4, -0.2) is 64.0 Å². The third-order valence-corrected chi connectivity index (χ3v) is 3.91. The van der Waals surface area contributed by atoms with Gasteiger partial charge in [-0.2, -0.15) is 0 Å². The highest BCUT2D eigenvalue weighted by Gasteiger charge is 2.27. The quantitative estimate of drug-likeness (QED) is 0.904. The molecule has 1 saturated heterocycles. The van der Waals surface area contributed by atoms with Gasteiger partial charge in [0.15, 0.2) is 11.5 Å². The lowest BCUT2D eigenvalue weighted by Crippen LogP contribution is -2.50. The highest BCUT2D eigenvalue weighted by Crippen LogP contribution is 2.12. The zero-order valence-electron chi connectivity index (χ0n) is 14.3. The van der Waals surface area contributed by atoms with Crippen LogP contribution in [0.2, 0.25) is 0 Å². The summed E-state index contributed by atoms with van der Waals surface area (Å²) in [5.74, 6) is 0.633. The highest BCUT2D eigenvalue weighted by molar-refractivity contribution is 5.93. The summed E-state index contributed by atoms with van der Waals surface area (Å²) < 4.78 is 5.13. The molecule has 0 spiro atoms. The van der Waals surface area contributed by atoms with Gasteiger partial charge < -0.3 is 19.5 Å². The first kappa shape index (κ1) is 16.9.